The summed E-state index contributed by atoms with van der Waals surface area (Å²) in [4.78, 5) is 26.8. The topological polar surface area (TPSA) is 79.8 Å². The third-order valence-electron chi connectivity index (χ3n) is 5.94. The van der Waals surface area contributed by atoms with Crippen molar-refractivity contribution in [3.8, 4) is 11.4 Å². The number of aromatic nitrogens is 2. The van der Waals surface area contributed by atoms with Crippen LogP contribution in [-0.2, 0) is 14.3 Å². The van der Waals surface area contributed by atoms with Gasteiger partial charge in [0.15, 0.2) is 5.82 Å². The van der Waals surface area contributed by atoms with Crippen LogP contribution in [0.25, 0.3) is 22.3 Å². The lowest BCUT2D eigenvalue weighted by molar-refractivity contribution is -0.121. The van der Waals surface area contributed by atoms with E-state index in [1.807, 2.05) is 54.6 Å². The number of para-hydroxylation sites is 1. The molecule has 4 rings (SSSR count). The van der Waals surface area contributed by atoms with Crippen LogP contribution in [0.5, 0.6) is 0 Å². The number of ether oxygens (including phenoxy) is 2. The molecule has 180 valence electrons. The molecule has 0 spiro atoms. The smallest absolute Gasteiger partial charge is 0.221 e. The van der Waals surface area contributed by atoms with Crippen molar-refractivity contribution in [3.05, 3.63) is 54.6 Å². The van der Waals surface area contributed by atoms with Gasteiger partial charge in [-0.05, 0) is 12.1 Å². The Kier molecular flexibility index (Phi) is 8.78. The number of amides is 1. The maximum absolute atomic E-state index is 12.6. The van der Waals surface area contributed by atoms with Gasteiger partial charge in [0.05, 0.1) is 25.3 Å². The molecule has 1 aliphatic rings. The number of carbonyl (C=O) groups is 1. The van der Waals surface area contributed by atoms with Gasteiger partial charge in [-0.3, -0.25) is 9.69 Å². The van der Waals surface area contributed by atoms with Crippen molar-refractivity contribution >= 4 is 22.6 Å². The van der Waals surface area contributed by atoms with Crippen molar-refractivity contribution in [2.75, 3.05) is 71.1 Å². The van der Waals surface area contributed by atoms with Crippen molar-refractivity contribution in [1.82, 2.24) is 20.2 Å². The highest BCUT2D eigenvalue weighted by atomic mass is 16.5. The summed E-state index contributed by atoms with van der Waals surface area (Å²) in [6, 6.07) is 18.0. The summed E-state index contributed by atoms with van der Waals surface area (Å²) in [5, 5.41) is 4.02. The van der Waals surface area contributed by atoms with Crippen LogP contribution in [-0.4, -0.2) is 87.0 Å². The van der Waals surface area contributed by atoms with Crippen molar-refractivity contribution in [1.29, 1.82) is 0 Å². The molecular weight excluding hydrogens is 430 g/mol. The summed E-state index contributed by atoms with van der Waals surface area (Å²) in [7, 11) is 1.68. The number of hydrogen-bond donors (Lipinski definition) is 1. The molecule has 0 bridgehead atoms. The van der Waals surface area contributed by atoms with Gasteiger partial charge < -0.3 is 19.7 Å². The van der Waals surface area contributed by atoms with E-state index in [9.17, 15) is 4.79 Å². The normalized spacial score (nSPS) is 14.3. The van der Waals surface area contributed by atoms with Crippen LogP contribution in [0.4, 0.5) is 5.82 Å². The van der Waals surface area contributed by atoms with Crippen LogP contribution in [0.15, 0.2) is 54.6 Å². The fourth-order valence-electron chi connectivity index (χ4n) is 4.05. The number of carbonyl (C=O) groups excluding carboxylic acids is 1. The van der Waals surface area contributed by atoms with E-state index in [4.69, 9.17) is 19.4 Å². The second kappa shape index (κ2) is 12.4. The maximum atomic E-state index is 12.6. The second-order valence-corrected chi connectivity index (χ2v) is 8.29. The van der Waals surface area contributed by atoms with Crippen LogP contribution in [0.1, 0.15) is 6.42 Å². The second-order valence-electron chi connectivity index (χ2n) is 8.29. The average Bonchev–Trinajstić information content (AvgIpc) is 2.89. The van der Waals surface area contributed by atoms with E-state index >= 15 is 0 Å². The van der Waals surface area contributed by atoms with Gasteiger partial charge in [0.2, 0.25) is 5.91 Å². The summed E-state index contributed by atoms with van der Waals surface area (Å²) in [5.74, 6) is 1.53. The number of benzene rings is 2. The Labute approximate surface area is 200 Å². The highest BCUT2D eigenvalue weighted by molar-refractivity contribution is 5.91. The molecule has 0 unspecified atom stereocenters. The molecule has 1 saturated heterocycles. The molecule has 0 atom stereocenters. The highest BCUT2D eigenvalue weighted by Gasteiger charge is 2.17. The lowest BCUT2D eigenvalue weighted by Gasteiger charge is -2.27. The SMILES string of the molecule is COCCN(CCC(=O)NCCN1CCOCC1)c1nc(-c2ccccc2)nc2ccccc12. The molecule has 0 radical (unpaired) electrons. The Morgan fingerprint density at radius 2 is 1.82 bits per heavy atom. The third-order valence-corrected chi connectivity index (χ3v) is 5.94. The van der Waals surface area contributed by atoms with E-state index < -0.39 is 0 Å². The lowest BCUT2D eigenvalue weighted by atomic mass is 10.1. The van der Waals surface area contributed by atoms with Gasteiger partial charge >= 0.3 is 0 Å². The van der Waals surface area contributed by atoms with Crippen molar-refractivity contribution in [3.63, 3.8) is 0 Å². The molecule has 8 nitrogen and oxygen atoms in total. The molecule has 1 aromatic heterocycles. The zero-order chi connectivity index (χ0) is 23.6. The van der Waals surface area contributed by atoms with E-state index in [1.165, 1.54) is 0 Å². The Morgan fingerprint density at radius 3 is 2.62 bits per heavy atom. The zero-order valence-electron chi connectivity index (χ0n) is 19.8. The average molecular weight is 464 g/mol. The molecule has 1 aliphatic heterocycles. The molecular formula is C26H33N5O3. The van der Waals surface area contributed by atoms with Gasteiger partial charge in [-0.25, -0.2) is 9.97 Å². The minimum Gasteiger partial charge on any atom is -0.383 e. The van der Waals surface area contributed by atoms with Crippen LogP contribution in [0.3, 0.4) is 0 Å². The van der Waals surface area contributed by atoms with Crippen LogP contribution < -0.4 is 10.2 Å². The van der Waals surface area contributed by atoms with Crippen LogP contribution in [0.2, 0.25) is 0 Å². The predicted octanol–water partition coefficient (Wildman–Crippen LogP) is 2.59. The Balaban J connectivity index is 1.47. The van der Waals surface area contributed by atoms with Gasteiger partial charge in [0.1, 0.15) is 5.82 Å². The quantitative estimate of drug-likeness (QED) is 0.468. The van der Waals surface area contributed by atoms with E-state index in [2.05, 4.69) is 15.1 Å². The number of nitrogens with zero attached hydrogens (tertiary/aromatic N) is 4. The molecule has 1 N–H and O–H groups in total. The summed E-state index contributed by atoms with van der Waals surface area (Å²) < 4.78 is 10.7. The first-order valence-electron chi connectivity index (χ1n) is 11.9. The van der Waals surface area contributed by atoms with Gasteiger partial charge in [0.25, 0.3) is 0 Å². The number of anilines is 1. The number of fused-ring (bicyclic) bond motifs is 1. The maximum Gasteiger partial charge on any atom is 0.221 e. The summed E-state index contributed by atoms with van der Waals surface area (Å²) in [6.45, 7) is 6.58. The van der Waals surface area contributed by atoms with Crippen molar-refractivity contribution < 1.29 is 14.3 Å². The first-order chi connectivity index (χ1) is 16.7. The summed E-state index contributed by atoms with van der Waals surface area (Å²) in [6.07, 6.45) is 0.381. The molecule has 2 aromatic carbocycles. The lowest BCUT2D eigenvalue weighted by Crippen LogP contribution is -2.42. The molecule has 0 saturated carbocycles. The first kappa shape index (κ1) is 24.1. The molecule has 1 amide bonds. The standard InChI is InChI=1S/C26H33N5O3/c1-33-18-17-31(13-11-24(32)27-12-14-30-15-19-34-20-16-30)26-22-9-5-6-10-23(22)28-25(29-26)21-7-3-2-4-8-21/h2-10H,11-20H2,1H3,(H,27,32). The number of hydrogen-bond acceptors (Lipinski definition) is 7. The highest BCUT2D eigenvalue weighted by Crippen LogP contribution is 2.27. The predicted molar refractivity (Wildman–Crippen MR) is 134 cm³/mol. The van der Waals surface area contributed by atoms with Crippen LogP contribution >= 0.6 is 0 Å². The minimum absolute atomic E-state index is 0.0392. The molecule has 1 fully saturated rings. The van der Waals surface area contributed by atoms with Crippen molar-refractivity contribution in [2.45, 2.75) is 6.42 Å². The first-order valence-corrected chi connectivity index (χ1v) is 11.9. The van der Waals surface area contributed by atoms with Gasteiger partial charge in [-0.2, -0.15) is 0 Å². The number of methoxy groups -OCH3 is 1. The van der Waals surface area contributed by atoms with Gasteiger partial charge in [-0.15, -0.1) is 0 Å². The number of rotatable bonds is 11. The van der Waals surface area contributed by atoms with E-state index in [1.54, 1.807) is 7.11 Å². The van der Waals surface area contributed by atoms with E-state index in [0.717, 1.165) is 55.1 Å². The third kappa shape index (κ3) is 6.50. The Hall–Kier alpha value is -3.07. The van der Waals surface area contributed by atoms with Gasteiger partial charge in [0, 0.05) is 63.7 Å². The largest absolute Gasteiger partial charge is 0.383 e. The fourth-order valence-corrected chi connectivity index (χ4v) is 4.05. The molecule has 3 aromatic rings. The summed E-state index contributed by atoms with van der Waals surface area (Å²) >= 11 is 0. The summed E-state index contributed by atoms with van der Waals surface area (Å²) in [5.41, 5.74) is 1.84. The molecule has 2 heterocycles. The monoisotopic (exact) mass is 463 g/mol. The van der Waals surface area contributed by atoms with Crippen LogP contribution in [0, 0.1) is 0 Å². The van der Waals surface area contributed by atoms with E-state index in [0.29, 0.717) is 38.5 Å². The fraction of sp³-hybridized carbons (Fsp3) is 0.423. The zero-order valence-corrected chi connectivity index (χ0v) is 19.8. The Bertz CT molecular complexity index is 1060. The van der Waals surface area contributed by atoms with E-state index in [-0.39, 0.29) is 5.91 Å². The molecule has 8 heteroatoms. The van der Waals surface area contributed by atoms with Crippen molar-refractivity contribution in [2.24, 2.45) is 0 Å². The Morgan fingerprint density at radius 1 is 1.06 bits per heavy atom. The number of nitrogens with one attached hydrogen (secondary N) is 1. The molecule has 34 heavy (non-hydrogen) atoms. The minimum atomic E-state index is 0.0392. The number of morpholine rings is 1. The molecule has 0 aliphatic carbocycles. The van der Waals surface area contributed by atoms with Gasteiger partial charge in [-0.1, -0.05) is 42.5 Å².